The highest BCUT2D eigenvalue weighted by Gasteiger charge is 2.21. The second-order valence-electron chi connectivity index (χ2n) is 8.22. The first kappa shape index (κ1) is 25.9. The van der Waals surface area contributed by atoms with Gasteiger partial charge in [0, 0.05) is 38.8 Å². The number of rotatable bonds is 7. The molecule has 0 saturated carbocycles. The maximum atomic E-state index is 9.55. The zero-order valence-corrected chi connectivity index (χ0v) is 21.5. The van der Waals surface area contributed by atoms with Gasteiger partial charge in [0.2, 0.25) is 0 Å². The van der Waals surface area contributed by atoms with E-state index in [1.807, 2.05) is 30.3 Å². The fourth-order valence-corrected chi connectivity index (χ4v) is 3.95. The molecule has 0 bridgehead atoms. The highest BCUT2D eigenvalue weighted by atomic mass is 127. The molecule has 1 aromatic heterocycles. The Balaban J connectivity index is 0.00000363. The summed E-state index contributed by atoms with van der Waals surface area (Å²) in [5.74, 6) is 1.22. The largest absolute Gasteiger partial charge is 0.382 e. The van der Waals surface area contributed by atoms with Gasteiger partial charge in [-0.3, -0.25) is 4.99 Å². The van der Waals surface area contributed by atoms with Gasteiger partial charge in [0.15, 0.2) is 5.96 Å². The standard InChI is InChI=1S/C23H34N8.HI/c1-17(2)30-14-11-18(12-15-30)28-23(26-3)27-13-7-10-21-20(16-24)22(25)31(29-21)19-8-5-4-6-9-19;/h4-6,8-9,17-18H,7,10-15,25H2,1-3H3,(H2,26,27,28);1H. The molecule has 0 amide bonds. The minimum Gasteiger partial charge on any atom is -0.382 e. The average molecular weight is 550 g/mol. The van der Waals surface area contributed by atoms with E-state index >= 15 is 0 Å². The molecule has 1 fully saturated rings. The zero-order chi connectivity index (χ0) is 22.2. The Labute approximate surface area is 208 Å². The number of nitrogens with zero attached hydrogens (tertiary/aromatic N) is 5. The van der Waals surface area contributed by atoms with E-state index in [9.17, 15) is 5.26 Å². The number of aliphatic imine (C=N–C) groups is 1. The van der Waals surface area contributed by atoms with E-state index in [1.165, 1.54) is 0 Å². The third kappa shape index (κ3) is 6.59. The molecular formula is C23H35IN8. The van der Waals surface area contributed by atoms with E-state index in [0.29, 0.717) is 29.9 Å². The molecule has 1 aliphatic heterocycles. The monoisotopic (exact) mass is 550 g/mol. The number of nitrogens with two attached hydrogens (primary N) is 1. The number of nitrogens with one attached hydrogen (secondary N) is 2. The van der Waals surface area contributed by atoms with Gasteiger partial charge in [0.05, 0.1) is 11.4 Å². The molecule has 3 rings (SSSR count). The number of benzene rings is 1. The molecule has 0 aliphatic carbocycles. The van der Waals surface area contributed by atoms with Crippen molar-refractivity contribution in [2.45, 2.75) is 51.6 Å². The number of hydrogen-bond donors (Lipinski definition) is 3. The quantitative estimate of drug-likeness (QED) is 0.212. The van der Waals surface area contributed by atoms with Crippen LogP contribution < -0.4 is 16.4 Å². The third-order valence-electron chi connectivity index (χ3n) is 5.81. The van der Waals surface area contributed by atoms with Gasteiger partial charge in [-0.25, -0.2) is 4.68 Å². The van der Waals surface area contributed by atoms with Crippen molar-refractivity contribution in [1.82, 2.24) is 25.3 Å². The van der Waals surface area contributed by atoms with Crippen molar-refractivity contribution >= 4 is 35.8 Å². The minimum absolute atomic E-state index is 0. The van der Waals surface area contributed by atoms with Crippen LogP contribution in [-0.4, -0.2) is 59.4 Å². The van der Waals surface area contributed by atoms with E-state index in [1.54, 1.807) is 11.7 Å². The van der Waals surface area contributed by atoms with Crippen molar-refractivity contribution in [3.63, 3.8) is 0 Å². The van der Waals surface area contributed by atoms with Crippen LogP contribution >= 0.6 is 24.0 Å². The number of anilines is 1. The molecule has 0 unspecified atom stereocenters. The number of aryl methyl sites for hydroxylation is 1. The molecule has 0 spiro atoms. The first-order chi connectivity index (χ1) is 15.0. The zero-order valence-electron chi connectivity index (χ0n) is 19.2. The SMILES string of the molecule is CN=C(NCCCc1nn(-c2ccccc2)c(N)c1C#N)NC1CCN(C(C)C)CC1.I. The van der Waals surface area contributed by atoms with Crippen LogP contribution in [0.3, 0.4) is 0 Å². The molecule has 0 radical (unpaired) electrons. The van der Waals surface area contributed by atoms with Crippen LogP contribution in [0.2, 0.25) is 0 Å². The van der Waals surface area contributed by atoms with E-state index in [0.717, 1.165) is 56.2 Å². The van der Waals surface area contributed by atoms with Crippen LogP contribution in [0.4, 0.5) is 5.82 Å². The summed E-state index contributed by atoms with van der Waals surface area (Å²) in [7, 11) is 1.80. The number of likely N-dealkylation sites (tertiary alicyclic amines) is 1. The Bertz CT molecular complexity index is 908. The number of aromatic nitrogens is 2. The van der Waals surface area contributed by atoms with Crippen molar-refractivity contribution < 1.29 is 0 Å². The molecule has 32 heavy (non-hydrogen) atoms. The number of para-hydroxylation sites is 1. The topological polar surface area (TPSA) is 107 Å². The van der Waals surface area contributed by atoms with Gasteiger partial charge in [-0.05, 0) is 51.7 Å². The second-order valence-corrected chi connectivity index (χ2v) is 8.22. The molecule has 8 nitrogen and oxygen atoms in total. The van der Waals surface area contributed by atoms with Gasteiger partial charge in [0.1, 0.15) is 17.5 Å². The van der Waals surface area contributed by atoms with Crippen LogP contribution in [0.25, 0.3) is 5.69 Å². The van der Waals surface area contributed by atoms with E-state index in [-0.39, 0.29) is 24.0 Å². The number of piperidine rings is 1. The van der Waals surface area contributed by atoms with Gasteiger partial charge >= 0.3 is 0 Å². The van der Waals surface area contributed by atoms with Crippen LogP contribution in [0, 0.1) is 11.3 Å². The lowest BCUT2D eigenvalue weighted by Crippen LogP contribution is -2.50. The Morgan fingerprint density at radius 1 is 1.28 bits per heavy atom. The summed E-state index contributed by atoms with van der Waals surface area (Å²) >= 11 is 0. The molecule has 1 aromatic carbocycles. The normalized spacial score (nSPS) is 15.3. The highest BCUT2D eigenvalue weighted by Crippen LogP contribution is 2.21. The second kappa shape index (κ2) is 12.6. The maximum Gasteiger partial charge on any atom is 0.191 e. The summed E-state index contributed by atoms with van der Waals surface area (Å²) in [5, 5.41) is 21.1. The number of guanidine groups is 1. The van der Waals surface area contributed by atoms with Gasteiger partial charge in [-0.15, -0.1) is 24.0 Å². The van der Waals surface area contributed by atoms with E-state index in [4.69, 9.17) is 5.73 Å². The summed E-state index contributed by atoms with van der Waals surface area (Å²) in [6, 6.07) is 12.9. The molecule has 2 aromatic rings. The number of nitrogen functional groups attached to an aromatic ring is 1. The molecule has 1 saturated heterocycles. The maximum absolute atomic E-state index is 9.55. The fraction of sp³-hybridized carbons (Fsp3) is 0.522. The lowest BCUT2D eigenvalue weighted by Gasteiger charge is -2.35. The van der Waals surface area contributed by atoms with E-state index < -0.39 is 0 Å². The number of hydrogen-bond acceptors (Lipinski definition) is 5. The molecule has 174 valence electrons. The minimum atomic E-state index is 0. The van der Waals surface area contributed by atoms with Crippen molar-refractivity contribution in [3.05, 3.63) is 41.6 Å². The Morgan fingerprint density at radius 3 is 2.56 bits per heavy atom. The molecule has 2 heterocycles. The Morgan fingerprint density at radius 2 is 1.97 bits per heavy atom. The Hall–Kier alpha value is -2.32. The first-order valence-electron chi connectivity index (χ1n) is 11.1. The molecule has 9 heteroatoms. The molecule has 1 aliphatic rings. The van der Waals surface area contributed by atoms with Crippen molar-refractivity contribution in [3.8, 4) is 11.8 Å². The van der Waals surface area contributed by atoms with E-state index in [2.05, 4.69) is 45.5 Å². The summed E-state index contributed by atoms with van der Waals surface area (Å²) in [5.41, 5.74) is 8.23. The van der Waals surface area contributed by atoms with Crippen molar-refractivity contribution in [2.75, 3.05) is 32.4 Å². The predicted molar refractivity (Wildman–Crippen MR) is 141 cm³/mol. The molecular weight excluding hydrogens is 515 g/mol. The lowest BCUT2D eigenvalue weighted by molar-refractivity contribution is 0.167. The summed E-state index contributed by atoms with van der Waals surface area (Å²) in [6.45, 7) is 7.49. The number of halogens is 1. The van der Waals surface area contributed by atoms with Crippen LogP contribution in [0.15, 0.2) is 35.3 Å². The molecule has 4 N–H and O–H groups in total. The lowest BCUT2D eigenvalue weighted by atomic mass is 10.0. The first-order valence-corrected chi connectivity index (χ1v) is 11.1. The van der Waals surface area contributed by atoms with Crippen LogP contribution in [-0.2, 0) is 6.42 Å². The fourth-order valence-electron chi connectivity index (χ4n) is 3.95. The Kier molecular flexibility index (Phi) is 10.3. The van der Waals surface area contributed by atoms with Gasteiger partial charge < -0.3 is 21.3 Å². The highest BCUT2D eigenvalue weighted by molar-refractivity contribution is 14.0. The van der Waals surface area contributed by atoms with Gasteiger partial charge in [-0.1, -0.05) is 18.2 Å². The third-order valence-corrected chi connectivity index (χ3v) is 5.81. The van der Waals surface area contributed by atoms with Gasteiger partial charge in [-0.2, -0.15) is 10.4 Å². The molecule has 0 atom stereocenters. The van der Waals surface area contributed by atoms with Gasteiger partial charge in [0.25, 0.3) is 0 Å². The van der Waals surface area contributed by atoms with Crippen molar-refractivity contribution in [1.29, 1.82) is 5.26 Å². The van der Waals surface area contributed by atoms with Crippen LogP contribution in [0.5, 0.6) is 0 Å². The average Bonchev–Trinajstić information content (AvgIpc) is 3.11. The summed E-state index contributed by atoms with van der Waals surface area (Å²) in [4.78, 5) is 6.88. The summed E-state index contributed by atoms with van der Waals surface area (Å²) < 4.78 is 1.64. The predicted octanol–water partition coefficient (Wildman–Crippen LogP) is 2.91. The smallest absolute Gasteiger partial charge is 0.191 e. The van der Waals surface area contributed by atoms with Crippen molar-refractivity contribution in [2.24, 2.45) is 4.99 Å². The van der Waals surface area contributed by atoms with Crippen LogP contribution in [0.1, 0.15) is 44.4 Å². The number of nitriles is 1. The summed E-state index contributed by atoms with van der Waals surface area (Å²) in [6.07, 6.45) is 3.75.